The lowest BCUT2D eigenvalue weighted by atomic mass is 9.88. The second-order valence-corrected chi connectivity index (χ2v) is 5.82. The Hall–Kier alpha value is -1.98. The van der Waals surface area contributed by atoms with Gasteiger partial charge in [0.2, 0.25) is 0 Å². The second kappa shape index (κ2) is 6.20. The van der Waals surface area contributed by atoms with Crippen LogP contribution in [0.25, 0.3) is 0 Å². The van der Waals surface area contributed by atoms with Crippen molar-refractivity contribution in [2.45, 2.75) is 45.7 Å². The average molecular weight is 294 g/mol. The van der Waals surface area contributed by atoms with E-state index >= 15 is 0 Å². The maximum absolute atomic E-state index is 12.3. The van der Waals surface area contributed by atoms with Gasteiger partial charge in [-0.15, -0.1) is 0 Å². The lowest BCUT2D eigenvalue weighted by molar-refractivity contribution is -0.147. The molecule has 6 heteroatoms. The minimum absolute atomic E-state index is 0.124. The number of urea groups is 1. The molecule has 0 saturated heterocycles. The third kappa shape index (κ3) is 3.77. The van der Waals surface area contributed by atoms with E-state index in [1.807, 2.05) is 13.0 Å². The number of nitrogens with one attached hydrogen (secondary N) is 1. The van der Waals surface area contributed by atoms with E-state index in [1.165, 1.54) is 0 Å². The first kappa shape index (κ1) is 15.4. The highest BCUT2D eigenvalue weighted by Crippen LogP contribution is 2.29. The normalized spacial score (nSPS) is 17.0. The summed E-state index contributed by atoms with van der Waals surface area (Å²) in [5.74, 6) is -0.164. The first-order valence-electron chi connectivity index (χ1n) is 7.26. The number of carbonyl (C=O) groups is 2. The molecule has 21 heavy (non-hydrogen) atoms. The molecule has 1 atom stereocenters. The molecule has 0 bridgehead atoms. The van der Waals surface area contributed by atoms with Crippen molar-refractivity contribution in [1.82, 2.24) is 10.2 Å². The second-order valence-electron chi connectivity index (χ2n) is 5.82. The van der Waals surface area contributed by atoms with Crippen molar-refractivity contribution in [2.24, 2.45) is 5.41 Å². The third-order valence-electron chi connectivity index (χ3n) is 4.08. The van der Waals surface area contributed by atoms with Crippen LogP contribution in [0.2, 0.25) is 0 Å². The van der Waals surface area contributed by atoms with Crippen molar-refractivity contribution in [3.05, 3.63) is 24.2 Å². The Morgan fingerprint density at radius 3 is 2.71 bits per heavy atom. The van der Waals surface area contributed by atoms with Crippen molar-refractivity contribution in [3.63, 3.8) is 0 Å². The summed E-state index contributed by atoms with van der Waals surface area (Å²) in [6.07, 6.45) is 4.01. The molecule has 1 saturated carbocycles. The summed E-state index contributed by atoms with van der Waals surface area (Å²) in [7, 11) is 0. The van der Waals surface area contributed by atoms with Crippen LogP contribution in [0, 0.1) is 5.41 Å². The van der Waals surface area contributed by atoms with Gasteiger partial charge in [-0.2, -0.15) is 0 Å². The van der Waals surface area contributed by atoms with Crippen LogP contribution in [0.3, 0.4) is 0 Å². The Balaban J connectivity index is 1.94. The molecule has 1 fully saturated rings. The van der Waals surface area contributed by atoms with E-state index in [0.717, 1.165) is 18.6 Å². The molecule has 1 aliphatic carbocycles. The summed E-state index contributed by atoms with van der Waals surface area (Å²) in [5, 5.41) is 12.0. The predicted molar refractivity (Wildman–Crippen MR) is 76.7 cm³/mol. The third-order valence-corrected chi connectivity index (χ3v) is 4.08. The number of hydrogen-bond acceptors (Lipinski definition) is 3. The van der Waals surface area contributed by atoms with E-state index in [-0.39, 0.29) is 18.6 Å². The zero-order valence-electron chi connectivity index (χ0n) is 12.5. The Labute approximate surface area is 124 Å². The molecule has 2 rings (SSSR count). The molecule has 2 amide bonds. The number of amides is 2. The lowest BCUT2D eigenvalue weighted by Crippen LogP contribution is -2.46. The quantitative estimate of drug-likeness (QED) is 0.809. The standard InChI is InChI=1S/C15H22N2O4/c1-3-15(2,13(18)19)10-16-14(20)17(11-6-7-11)9-12-5-4-8-21-12/h4-5,8,11H,3,6-7,9-10H2,1-2H3,(H,16,20)(H,18,19). The monoisotopic (exact) mass is 294 g/mol. The van der Waals surface area contributed by atoms with Gasteiger partial charge in [-0.25, -0.2) is 4.79 Å². The number of nitrogens with zero attached hydrogens (tertiary/aromatic N) is 1. The molecule has 0 aromatic carbocycles. The predicted octanol–water partition coefficient (Wildman–Crippen LogP) is 2.45. The topological polar surface area (TPSA) is 82.8 Å². The van der Waals surface area contributed by atoms with Crippen molar-refractivity contribution < 1.29 is 19.1 Å². The number of aliphatic carboxylic acids is 1. The van der Waals surface area contributed by atoms with Crippen LogP contribution >= 0.6 is 0 Å². The molecule has 0 aliphatic heterocycles. The number of hydrogen-bond donors (Lipinski definition) is 2. The van der Waals surface area contributed by atoms with Gasteiger partial charge < -0.3 is 19.7 Å². The minimum atomic E-state index is -0.935. The molecular formula is C15H22N2O4. The zero-order chi connectivity index (χ0) is 15.5. The summed E-state index contributed by atoms with van der Waals surface area (Å²) >= 11 is 0. The first-order valence-corrected chi connectivity index (χ1v) is 7.26. The highest BCUT2D eigenvalue weighted by molar-refractivity contribution is 5.78. The fourth-order valence-electron chi connectivity index (χ4n) is 2.05. The summed E-state index contributed by atoms with van der Waals surface area (Å²) in [5.41, 5.74) is -0.935. The van der Waals surface area contributed by atoms with Gasteiger partial charge in [-0.3, -0.25) is 4.79 Å². The zero-order valence-corrected chi connectivity index (χ0v) is 12.5. The molecule has 0 radical (unpaired) electrons. The SMILES string of the molecule is CCC(C)(CNC(=O)N(Cc1ccco1)C1CC1)C(=O)O. The smallest absolute Gasteiger partial charge is 0.318 e. The highest BCUT2D eigenvalue weighted by Gasteiger charge is 2.36. The van der Waals surface area contributed by atoms with Gasteiger partial charge in [-0.05, 0) is 38.3 Å². The van der Waals surface area contributed by atoms with Gasteiger partial charge in [-0.1, -0.05) is 6.92 Å². The summed E-state index contributed by atoms with van der Waals surface area (Å²) in [6, 6.07) is 3.62. The van der Waals surface area contributed by atoms with E-state index in [0.29, 0.717) is 13.0 Å². The van der Waals surface area contributed by atoms with Gasteiger partial charge in [0.15, 0.2) is 0 Å². The maximum atomic E-state index is 12.3. The number of carboxylic acids is 1. The molecule has 1 aliphatic rings. The van der Waals surface area contributed by atoms with Gasteiger partial charge in [0.25, 0.3) is 0 Å². The van der Waals surface area contributed by atoms with Crippen LogP contribution < -0.4 is 5.32 Å². The molecular weight excluding hydrogens is 272 g/mol. The maximum Gasteiger partial charge on any atom is 0.318 e. The van der Waals surface area contributed by atoms with Crippen LogP contribution in [0.4, 0.5) is 4.79 Å². The Kier molecular flexibility index (Phi) is 4.55. The molecule has 1 aromatic heterocycles. The molecule has 1 heterocycles. The number of furan rings is 1. The van der Waals surface area contributed by atoms with E-state index < -0.39 is 11.4 Å². The van der Waals surface area contributed by atoms with Crippen LogP contribution in [0.15, 0.2) is 22.8 Å². The van der Waals surface area contributed by atoms with Crippen LogP contribution in [0.1, 0.15) is 38.9 Å². The first-order chi connectivity index (χ1) is 9.96. The largest absolute Gasteiger partial charge is 0.481 e. The van der Waals surface area contributed by atoms with E-state index in [1.54, 1.807) is 24.2 Å². The Morgan fingerprint density at radius 2 is 2.24 bits per heavy atom. The molecule has 6 nitrogen and oxygen atoms in total. The van der Waals surface area contributed by atoms with Gasteiger partial charge >= 0.3 is 12.0 Å². The molecule has 116 valence electrons. The molecule has 1 unspecified atom stereocenters. The van der Waals surface area contributed by atoms with Crippen molar-refractivity contribution in [3.8, 4) is 0 Å². The minimum Gasteiger partial charge on any atom is -0.481 e. The number of carbonyl (C=O) groups excluding carboxylic acids is 1. The summed E-state index contributed by atoms with van der Waals surface area (Å²) < 4.78 is 5.28. The van der Waals surface area contributed by atoms with Crippen LogP contribution in [0.5, 0.6) is 0 Å². The fourth-order valence-corrected chi connectivity index (χ4v) is 2.05. The Bertz CT molecular complexity index is 496. The van der Waals surface area contributed by atoms with E-state index in [2.05, 4.69) is 5.32 Å². The van der Waals surface area contributed by atoms with Gasteiger partial charge in [0.1, 0.15) is 5.76 Å². The van der Waals surface area contributed by atoms with Gasteiger partial charge in [0, 0.05) is 12.6 Å². The van der Waals surface area contributed by atoms with E-state index in [4.69, 9.17) is 4.42 Å². The van der Waals surface area contributed by atoms with Gasteiger partial charge in [0.05, 0.1) is 18.2 Å². The average Bonchev–Trinajstić information content (AvgIpc) is 3.18. The Morgan fingerprint density at radius 1 is 1.52 bits per heavy atom. The summed E-state index contributed by atoms with van der Waals surface area (Å²) in [6.45, 7) is 3.99. The van der Waals surface area contributed by atoms with Crippen molar-refractivity contribution in [2.75, 3.05) is 6.54 Å². The summed E-state index contributed by atoms with van der Waals surface area (Å²) in [4.78, 5) is 25.3. The lowest BCUT2D eigenvalue weighted by Gasteiger charge is -2.27. The van der Waals surface area contributed by atoms with Crippen LogP contribution in [-0.4, -0.2) is 34.6 Å². The van der Waals surface area contributed by atoms with E-state index in [9.17, 15) is 14.7 Å². The molecule has 0 spiro atoms. The molecule has 2 N–H and O–H groups in total. The van der Waals surface area contributed by atoms with Crippen LogP contribution in [-0.2, 0) is 11.3 Å². The van der Waals surface area contributed by atoms with Crippen molar-refractivity contribution >= 4 is 12.0 Å². The highest BCUT2D eigenvalue weighted by atomic mass is 16.4. The molecule has 1 aromatic rings. The number of carboxylic acid groups (broad SMARTS) is 1. The fraction of sp³-hybridized carbons (Fsp3) is 0.600. The number of rotatable bonds is 7. The van der Waals surface area contributed by atoms with Crippen molar-refractivity contribution in [1.29, 1.82) is 0 Å².